The third-order valence-electron chi connectivity index (χ3n) is 3.29. The normalized spacial score (nSPS) is 21.3. The highest BCUT2D eigenvalue weighted by atomic mass is 32.2. The third-order valence-corrected chi connectivity index (χ3v) is 4.63. The van der Waals surface area contributed by atoms with Crippen LogP contribution in [0.3, 0.4) is 0 Å². The second-order valence-corrected chi connectivity index (χ2v) is 5.90. The van der Waals surface area contributed by atoms with Crippen LogP contribution in [-0.4, -0.2) is 47.8 Å². The number of ether oxygens (including phenoxy) is 2. The van der Waals surface area contributed by atoms with Crippen molar-refractivity contribution in [2.24, 2.45) is 0 Å². The van der Waals surface area contributed by atoms with E-state index in [2.05, 4.69) is 0 Å². The monoisotopic (exact) mass is 313 g/mol. The molecule has 2 aliphatic rings. The average molecular weight is 313 g/mol. The Hall–Kier alpha value is -1.50. The maximum Gasteiger partial charge on any atom is 0.336 e. The van der Waals surface area contributed by atoms with E-state index >= 15 is 0 Å². The highest BCUT2D eigenvalue weighted by molar-refractivity contribution is 8.04. The maximum atomic E-state index is 12.3. The first-order valence-corrected chi connectivity index (χ1v) is 8.00. The molecule has 2 rings (SSSR count). The van der Waals surface area contributed by atoms with Crippen molar-refractivity contribution < 1.29 is 23.9 Å². The maximum absolute atomic E-state index is 12.3. The molecule has 21 heavy (non-hydrogen) atoms. The van der Waals surface area contributed by atoms with Gasteiger partial charge in [0, 0.05) is 6.54 Å². The van der Waals surface area contributed by atoms with Crippen molar-refractivity contribution in [2.75, 3.05) is 19.8 Å². The number of hydrogen-bond donors (Lipinski definition) is 0. The van der Waals surface area contributed by atoms with Crippen LogP contribution in [0, 0.1) is 0 Å². The van der Waals surface area contributed by atoms with Gasteiger partial charge >= 0.3 is 11.9 Å². The molecule has 0 aromatic heterocycles. The van der Waals surface area contributed by atoms with Gasteiger partial charge in [0.15, 0.2) is 0 Å². The van der Waals surface area contributed by atoms with Gasteiger partial charge in [0.05, 0.1) is 30.2 Å². The summed E-state index contributed by atoms with van der Waals surface area (Å²) in [5.41, 5.74) is 0.549. The van der Waals surface area contributed by atoms with E-state index in [1.807, 2.05) is 0 Å². The van der Waals surface area contributed by atoms with Gasteiger partial charge in [0.2, 0.25) is 5.91 Å². The molecule has 1 fully saturated rings. The van der Waals surface area contributed by atoms with E-state index < -0.39 is 5.25 Å². The minimum atomic E-state index is -0.499. The third kappa shape index (κ3) is 3.40. The van der Waals surface area contributed by atoms with Gasteiger partial charge in [-0.3, -0.25) is 9.59 Å². The van der Waals surface area contributed by atoms with Crippen molar-refractivity contribution in [3.05, 3.63) is 10.6 Å². The van der Waals surface area contributed by atoms with Crippen LogP contribution in [0.4, 0.5) is 0 Å². The Bertz CT molecular complexity index is 488. The van der Waals surface area contributed by atoms with E-state index in [-0.39, 0.29) is 24.3 Å². The Labute approximate surface area is 127 Å². The number of amides is 1. The lowest BCUT2D eigenvalue weighted by Gasteiger charge is -2.24. The van der Waals surface area contributed by atoms with Crippen LogP contribution in [0.2, 0.25) is 0 Å². The number of thioether (sulfide) groups is 1. The number of hydrogen-bond acceptors (Lipinski definition) is 6. The molecule has 2 heterocycles. The highest BCUT2D eigenvalue weighted by Crippen LogP contribution is 2.42. The molecule has 0 aliphatic carbocycles. The molecule has 1 saturated heterocycles. The van der Waals surface area contributed by atoms with Gasteiger partial charge in [-0.15, -0.1) is 0 Å². The Morgan fingerprint density at radius 2 is 2.00 bits per heavy atom. The predicted octanol–water partition coefficient (Wildman–Crippen LogP) is 1.45. The molecule has 1 unspecified atom stereocenters. The van der Waals surface area contributed by atoms with Crippen molar-refractivity contribution >= 4 is 29.6 Å². The molecular formula is C14H19NO5S. The fourth-order valence-electron chi connectivity index (χ4n) is 2.40. The predicted molar refractivity (Wildman–Crippen MR) is 77.2 cm³/mol. The van der Waals surface area contributed by atoms with Crippen LogP contribution in [-0.2, 0) is 23.9 Å². The minimum absolute atomic E-state index is 0.0352. The molecule has 0 radical (unpaired) electrons. The molecule has 2 aliphatic heterocycles. The summed E-state index contributed by atoms with van der Waals surface area (Å²) in [5.74, 6) is -0.875. The van der Waals surface area contributed by atoms with E-state index in [0.717, 1.165) is 6.42 Å². The zero-order valence-corrected chi connectivity index (χ0v) is 13.0. The van der Waals surface area contributed by atoms with Crippen molar-refractivity contribution in [1.29, 1.82) is 0 Å². The number of nitrogens with zero attached hydrogens (tertiary/aromatic N) is 1. The first-order valence-electron chi connectivity index (χ1n) is 7.12. The largest absolute Gasteiger partial charge is 0.466 e. The summed E-state index contributed by atoms with van der Waals surface area (Å²) in [5, 5.41) is 0.153. The van der Waals surface area contributed by atoms with Gasteiger partial charge in [-0.05, 0) is 26.7 Å². The van der Waals surface area contributed by atoms with Crippen LogP contribution in [0.5, 0.6) is 0 Å². The smallest absolute Gasteiger partial charge is 0.336 e. The lowest BCUT2D eigenvalue weighted by Crippen LogP contribution is -2.34. The Kier molecular flexibility index (Phi) is 5.27. The zero-order valence-electron chi connectivity index (χ0n) is 12.2. The number of rotatable bonds is 5. The lowest BCUT2D eigenvalue weighted by atomic mass is 10.1. The van der Waals surface area contributed by atoms with Gasteiger partial charge < -0.3 is 14.4 Å². The summed E-state index contributed by atoms with van der Waals surface area (Å²) >= 11 is 1.27. The summed E-state index contributed by atoms with van der Waals surface area (Å²) in [7, 11) is 0. The first kappa shape index (κ1) is 15.9. The molecule has 7 heteroatoms. The lowest BCUT2D eigenvalue weighted by molar-refractivity contribution is -0.145. The van der Waals surface area contributed by atoms with Crippen LogP contribution in [0.25, 0.3) is 0 Å². The second kappa shape index (κ2) is 6.98. The van der Waals surface area contributed by atoms with Crippen LogP contribution >= 0.6 is 11.8 Å². The zero-order chi connectivity index (χ0) is 15.4. The first-order chi connectivity index (χ1) is 10.1. The molecule has 6 nitrogen and oxygen atoms in total. The molecule has 1 atom stereocenters. The Morgan fingerprint density at radius 3 is 2.67 bits per heavy atom. The summed E-state index contributed by atoms with van der Waals surface area (Å²) in [4.78, 5) is 37.4. The summed E-state index contributed by atoms with van der Waals surface area (Å²) < 4.78 is 9.93. The quantitative estimate of drug-likeness (QED) is 0.715. The van der Waals surface area contributed by atoms with Crippen molar-refractivity contribution in [2.45, 2.75) is 38.4 Å². The summed E-state index contributed by atoms with van der Waals surface area (Å²) in [6, 6.07) is 0. The Balaban J connectivity index is 2.16. The molecule has 0 saturated carbocycles. The van der Waals surface area contributed by atoms with Crippen molar-refractivity contribution in [1.82, 2.24) is 4.90 Å². The molecule has 0 bridgehead atoms. The number of fused-ring (bicyclic) bond motifs is 1. The van der Waals surface area contributed by atoms with Crippen LogP contribution in [0.15, 0.2) is 10.6 Å². The van der Waals surface area contributed by atoms with E-state index in [1.165, 1.54) is 11.8 Å². The van der Waals surface area contributed by atoms with Crippen molar-refractivity contribution in [3.63, 3.8) is 0 Å². The Morgan fingerprint density at radius 1 is 1.29 bits per heavy atom. The van der Waals surface area contributed by atoms with Crippen molar-refractivity contribution in [3.8, 4) is 0 Å². The van der Waals surface area contributed by atoms with Gasteiger partial charge in [-0.25, -0.2) is 4.79 Å². The molecule has 0 aromatic rings. The average Bonchev–Trinajstić information content (AvgIpc) is 2.76. The number of esters is 2. The topological polar surface area (TPSA) is 72.9 Å². The SMILES string of the molecule is CCOC(=O)CC1SC2=C(C(=O)OCC)CCCN2C1=O. The molecule has 1 amide bonds. The van der Waals surface area contributed by atoms with Gasteiger partial charge in [0.25, 0.3) is 0 Å². The summed E-state index contributed by atoms with van der Waals surface area (Å²) in [6.07, 6.45) is 1.38. The fraction of sp³-hybridized carbons (Fsp3) is 0.643. The highest BCUT2D eigenvalue weighted by Gasteiger charge is 2.42. The van der Waals surface area contributed by atoms with Gasteiger partial charge in [0.1, 0.15) is 5.25 Å². The van der Waals surface area contributed by atoms with Gasteiger partial charge in [-0.1, -0.05) is 11.8 Å². The van der Waals surface area contributed by atoms with Crippen LogP contribution < -0.4 is 0 Å². The van der Waals surface area contributed by atoms with Gasteiger partial charge in [-0.2, -0.15) is 0 Å². The molecule has 0 N–H and O–H groups in total. The fourth-order valence-corrected chi connectivity index (χ4v) is 3.75. The standard InChI is InChI=1S/C14H19NO5S/c1-3-19-11(16)8-10-12(17)15-7-5-6-9(13(15)21-10)14(18)20-4-2/h10H,3-8H2,1-2H3. The second-order valence-electron chi connectivity index (χ2n) is 4.71. The molecular weight excluding hydrogens is 294 g/mol. The minimum Gasteiger partial charge on any atom is -0.466 e. The number of carbonyl (C=O) groups excluding carboxylic acids is 3. The van der Waals surface area contributed by atoms with Crippen LogP contribution in [0.1, 0.15) is 33.1 Å². The van der Waals surface area contributed by atoms with E-state index in [1.54, 1.807) is 18.7 Å². The van der Waals surface area contributed by atoms with E-state index in [9.17, 15) is 14.4 Å². The van der Waals surface area contributed by atoms with E-state index in [4.69, 9.17) is 9.47 Å². The number of carbonyl (C=O) groups is 3. The molecule has 0 spiro atoms. The van der Waals surface area contributed by atoms with E-state index in [0.29, 0.717) is 36.8 Å². The molecule has 0 aromatic carbocycles. The summed E-state index contributed by atoms with van der Waals surface area (Å²) in [6.45, 7) is 4.67. The molecule has 116 valence electrons.